The van der Waals surface area contributed by atoms with E-state index in [2.05, 4.69) is 0 Å². The first-order valence-electron chi connectivity index (χ1n) is 10.3. The van der Waals surface area contributed by atoms with Crippen molar-refractivity contribution in [2.75, 3.05) is 6.01 Å². The van der Waals surface area contributed by atoms with Crippen molar-refractivity contribution in [3.63, 3.8) is 0 Å². The first-order chi connectivity index (χ1) is 13.9. The summed E-state index contributed by atoms with van der Waals surface area (Å²) in [7, 11) is 0. The number of carbonyl (C=O) groups is 2. The van der Waals surface area contributed by atoms with Gasteiger partial charge in [-0.3, -0.25) is 9.59 Å². The lowest BCUT2D eigenvalue weighted by Crippen LogP contribution is -2.70. The number of aliphatic hydroxyl groups is 2. The molecule has 0 bridgehead atoms. The number of thioether (sulfide) groups is 1. The number of allylic oxidation sites excluding steroid dienone is 4. The number of rotatable bonds is 2. The second kappa shape index (κ2) is 6.69. The Morgan fingerprint density at radius 2 is 1.97 bits per heavy atom. The molecule has 166 valence electrons. The predicted molar refractivity (Wildman–Crippen MR) is 107 cm³/mol. The maximum atomic E-state index is 16.9. The van der Waals surface area contributed by atoms with Crippen molar-refractivity contribution in [1.82, 2.24) is 0 Å². The molecular weight excluding hydrogens is 417 g/mol. The van der Waals surface area contributed by atoms with Gasteiger partial charge < -0.3 is 10.2 Å². The first kappa shape index (κ1) is 22.1. The molecule has 5 unspecified atom stereocenters. The van der Waals surface area contributed by atoms with Gasteiger partial charge in [0.25, 0.3) is 0 Å². The highest BCUT2D eigenvalue weighted by molar-refractivity contribution is 8.13. The van der Waals surface area contributed by atoms with Gasteiger partial charge in [-0.05, 0) is 55.7 Å². The molecule has 0 saturated heterocycles. The van der Waals surface area contributed by atoms with Crippen molar-refractivity contribution in [1.29, 1.82) is 0 Å². The molecule has 3 fully saturated rings. The van der Waals surface area contributed by atoms with Crippen LogP contribution < -0.4 is 0 Å². The van der Waals surface area contributed by atoms with E-state index in [1.54, 1.807) is 13.8 Å². The molecule has 2 N–H and O–H groups in total. The summed E-state index contributed by atoms with van der Waals surface area (Å²) in [5.74, 6) is -2.57. The zero-order valence-electron chi connectivity index (χ0n) is 17.2. The fraction of sp³-hybridized carbons (Fsp3) is 0.727. The van der Waals surface area contributed by atoms with Crippen LogP contribution in [0.1, 0.15) is 40.0 Å². The lowest BCUT2D eigenvalue weighted by Gasteiger charge is -2.63. The monoisotopic (exact) mass is 444 g/mol. The highest BCUT2D eigenvalue weighted by Crippen LogP contribution is 2.71. The Hall–Kier alpha value is -1.12. The average molecular weight is 445 g/mol. The number of hydrogen-bond donors (Lipinski definition) is 2. The number of aliphatic hydroxyl groups excluding tert-OH is 1. The predicted octanol–water partition coefficient (Wildman–Crippen LogP) is 3.47. The molecule has 0 aromatic rings. The summed E-state index contributed by atoms with van der Waals surface area (Å²) in [5.41, 5.74) is -6.91. The molecule has 3 saturated carbocycles. The topological polar surface area (TPSA) is 74.6 Å². The molecule has 0 spiro atoms. The second-order valence-corrected chi connectivity index (χ2v) is 10.7. The molecule has 0 aromatic carbocycles. The van der Waals surface area contributed by atoms with Crippen LogP contribution in [0.25, 0.3) is 0 Å². The van der Waals surface area contributed by atoms with E-state index in [-0.39, 0.29) is 24.8 Å². The second-order valence-electron chi connectivity index (χ2n) is 9.80. The number of halogens is 3. The molecule has 4 nitrogen and oxygen atoms in total. The van der Waals surface area contributed by atoms with Crippen molar-refractivity contribution in [2.45, 2.75) is 63.6 Å². The highest BCUT2D eigenvalue weighted by atomic mass is 32.2. The molecule has 0 radical (unpaired) electrons. The summed E-state index contributed by atoms with van der Waals surface area (Å²) in [6.45, 7) is 4.79. The first-order valence-corrected chi connectivity index (χ1v) is 11.3. The van der Waals surface area contributed by atoms with Gasteiger partial charge in [0.1, 0.15) is 17.8 Å². The minimum atomic E-state index is -2.26. The van der Waals surface area contributed by atoms with Crippen molar-refractivity contribution in [3.8, 4) is 0 Å². The zero-order chi connectivity index (χ0) is 22.3. The molecule has 4 aliphatic rings. The van der Waals surface area contributed by atoms with E-state index in [1.165, 1.54) is 19.1 Å². The fourth-order valence-electron chi connectivity index (χ4n) is 7.13. The van der Waals surface area contributed by atoms with Gasteiger partial charge >= 0.3 is 0 Å². The number of fused-ring (bicyclic) bond motifs is 5. The van der Waals surface area contributed by atoms with E-state index in [9.17, 15) is 24.2 Å². The van der Waals surface area contributed by atoms with Crippen molar-refractivity contribution in [3.05, 3.63) is 23.8 Å². The van der Waals surface area contributed by atoms with E-state index in [0.29, 0.717) is 11.8 Å². The van der Waals surface area contributed by atoms with Crippen LogP contribution in [-0.4, -0.2) is 50.7 Å². The molecule has 8 heteroatoms. The summed E-state index contributed by atoms with van der Waals surface area (Å²) in [6, 6.07) is -0.995. The Labute approximate surface area is 178 Å². The summed E-state index contributed by atoms with van der Waals surface area (Å²) < 4.78 is 45.1. The Morgan fingerprint density at radius 1 is 1.30 bits per heavy atom. The van der Waals surface area contributed by atoms with E-state index in [0.717, 1.165) is 6.08 Å². The smallest absolute Gasteiger partial charge is 0.223 e. The molecular formula is C22H27F3O4S. The third-order valence-electron chi connectivity index (χ3n) is 8.71. The molecule has 4 aliphatic carbocycles. The van der Waals surface area contributed by atoms with Gasteiger partial charge in [0.05, 0.1) is 6.10 Å². The molecule has 30 heavy (non-hydrogen) atoms. The summed E-state index contributed by atoms with van der Waals surface area (Å²) >= 11 is 0.371. The zero-order valence-corrected chi connectivity index (χ0v) is 18.0. The number of ketones is 1. The molecule has 9 atom stereocenters. The summed E-state index contributed by atoms with van der Waals surface area (Å²) in [5, 5.41) is 21.9. The van der Waals surface area contributed by atoms with Gasteiger partial charge in [0.15, 0.2) is 11.5 Å². The average Bonchev–Trinajstić information content (AvgIpc) is 2.88. The minimum absolute atomic E-state index is 0.0294. The maximum absolute atomic E-state index is 16.9. The summed E-state index contributed by atoms with van der Waals surface area (Å²) in [4.78, 5) is 24.6. The van der Waals surface area contributed by atoms with Gasteiger partial charge in [0.2, 0.25) is 5.12 Å². The number of carbonyl (C=O) groups excluding carboxylic acids is 2. The molecule has 0 amide bonds. The Bertz CT molecular complexity index is 861. The molecule has 0 aromatic heterocycles. The normalized spacial score (nSPS) is 52.3. The quantitative estimate of drug-likeness (QED) is 0.682. The van der Waals surface area contributed by atoms with E-state index < -0.39 is 69.0 Å². The largest absolute Gasteiger partial charge is 0.390 e. The SMILES string of the molecule is C[C@@H]1CC2C3C[C@H](F)C4=CC(=O)C=CC4(C)[C@@]3(F)C(O)CC2(C)[C@@]1(O)C(=O)SCF. The van der Waals surface area contributed by atoms with Gasteiger partial charge in [0, 0.05) is 16.7 Å². The van der Waals surface area contributed by atoms with Crippen molar-refractivity contribution in [2.24, 2.45) is 28.6 Å². The van der Waals surface area contributed by atoms with Crippen LogP contribution in [0.5, 0.6) is 0 Å². The molecule has 4 rings (SSSR count). The van der Waals surface area contributed by atoms with Crippen LogP contribution in [0.3, 0.4) is 0 Å². The fourth-order valence-corrected chi connectivity index (χ4v) is 7.89. The maximum Gasteiger partial charge on any atom is 0.223 e. The van der Waals surface area contributed by atoms with Crippen LogP contribution in [0.2, 0.25) is 0 Å². The van der Waals surface area contributed by atoms with Crippen LogP contribution >= 0.6 is 11.8 Å². The van der Waals surface area contributed by atoms with E-state index in [4.69, 9.17) is 0 Å². The van der Waals surface area contributed by atoms with Crippen LogP contribution in [-0.2, 0) is 9.59 Å². The lowest BCUT2D eigenvalue weighted by atomic mass is 9.44. The van der Waals surface area contributed by atoms with Crippen molar-refractivity contribution < 1.29 is 33.0 Å². The van der Waals surface area contributed by atoms with Gasteiger partial charge in [-0.2, -0.15) is 0 Å². The third-order valence-corrected chi connectivity index (χ3v) is 9.39. The van der Waals surface area contributed by atoms with Gasteiger partial charge in [-0.25, -0.2) is 13.2 Å². The minimum Gasteiger partial charge on any atom is -0.390 e. The van der Waals surface area contributed by atoms with Crippen LogP contribution in [0, 0.1) is 28.6 Å². The number of hydrogen-bond acceptors (Lipinski definition) is 5. The molecule has 0 aliphatic heterocycles. The third kappa shape index (κ3) is 2.39. The van der Waals surface area contributed by atoms with Crippen molar-refractivity contribution >= 4 is 22.7 Å². The summed E-state index contributed by atoms with van der Waals surface area (Å²) in [6.07, 6.45) is 0.306. The van der Waals surface area contributed by atoms with Gasteiger partial charge in [-0.1, -0.05) is 31.7 Å². The lowest BCUT2D eigenvalue weighted by molar-refractivity contribution is -0.221. The van der Waals surface area contributed by atoms with E-state index in [1.807, 2.05) is 0 Å². The van der Waals surface area contributed by atoms with Crippen LogP contribution in [0.15, 0.2) is 23.8 Å². The Balaban J connectivity index is 1.84. The number of alkyl halides is 3. The Kier molecular flexibility index (Phi) is 4.92. The highest BCUT2D eigenvalue weighted by Gasteiger charge is 2.76. The van der Waals surface area contributed by atoms with E-state index >= 15 is 8.78 Å². The molecule has 0 heterocycles. The Morgan fingerprint density at radius 3 is 2.60 bits per heavy atom. The van der Waals surface area contributed by atoms with Crippen LogP contribution in [0.4, 0.5) is 13.2 Å². The standard InChI is InChI=1S/C22H27F3O4S/c1-11-6-13-14-8-16(24)15-7-12(26)4-5-19(15,2)21(14,25)17(27)9-20(13,3)22(11,29)18(28)30-10-23/h4-5,7,11,13-14,16-17,27,29H,6,8-10H2,1-3H3/t11-,13?,14?,16+,17?,19?,20?,21+,22+/m1/s1. The van der Waals surface area contributed by atoms with Gasteiger partial charge in [-0.15, -0.1) is 0 Å².